The van der Waals surface area contributed by atoms with Gasteiger partial charge in [0, 0.05) is 6.42 Å². The van der Waals surface area contributed by atoms with Crippen molar-refractivity contribution < 1.29 is 4.39 Å². The average molecular weight is 459 g/mol. The van der Waals surface area contributed by atoms with Crippen molar-refractivity contribution in [2.45, 2.75) is 96.8 Å². The topological polar surface area (TPSA) is 46.0 Å². The Kier molecular flexibility index (Phi) is 13.5. The fraction of sp³-hybridized carbons (Fsp3) is 0.577. The number of allylic oxidation sites excluding steroid dienone is 2. The third-order valence-corrected chi connectivity index (χ3v) is 5.84. The molecule has 0 saturated carbocycles. The van der Waals surface area contributed by atoms with E-state index in [1.165, 1.54) is 89.2 Å². The van der Waals surface area contributed by atoms with Crippen LogP contribution >= 0.6 is 12.2 Å². The van der Waals surface area contributed by atoms with Gasteiger partial charge >= 0.3 is 0 Å². The van der Waals surface area contributed by atoms with Crippen molar-refractivity contribution in [1.82, 2.24) is 14.9 Å². The molecular formula is C26H39FN4S. The molecule has 2 aromatic rings. The molecule has 1 aromatic heterocycles. The second kappa shape index (κ2) is 16.5. The van der Waals surface area contributed by atoms with E-state index in [1.54, 1.807) is 23.0 Å². The zero-order valence-electron chi connectivity index (χ0n) is 19.6. The van der Waals surface area contributed by atoms with Gasteiger partial charge in [0.15, 0.2) is 5.82 Å². The van der Waals surface area contributed by atoms with E-state index in [0.717, 1.165) is 24.2 Å². The fourth-order valence-corrected chi connectivity index (χ4v) is 3.83. The third-order valence-electron chi connectivity index (χ3n) is 5.57. The minimum atomic E-state index is -0.257. The SMILES string of the molecule is CCCCCCCCC=CCCCCCCCc1n[nH]c(=S)n1N=Cc1ccc(F)cc1. The highest BCUT2D eigenvalue weighted by Gasteiger charge is 2.04. The number of hydrogen-bond acceptors (Lipinski definition) is 3. The van der Waals surface area contributed by atoms with E-state index in [1.807, 2.05) is 0 Å². The van der Waals surface area contributed by atoms with Gasteiger partial charge in [-0.15, -0.1) is 0 Å². The van der Waals surface area contributed by atoms with Crippen LogP contribution in [0.5, 0.6) is 0 Å². The van der Waals surface area contributed by atoms with Crippen LogP contribution in [-0.4, -0.2) is 21.1 Å². The lowest BCUT2D eigenvalue weighted by Crippen LogP contribution is -1.99. The Labute approximate surface area is 198 Å². The van der Waals surface area contributed by atoms with Crippen LogP contribution in [0.2, 0.25) is 0 Å². The van der Waals surface area contributed by atoms with Crippen molar-refractivity contribution in [1.29, 1.82) is 0 Å². The van der Waals surface area contributed by atoms with Crippen molar-refractivity contribution in [3.63, 3.8) is 0 Å². The number of aromatic nitrogens is 3. The highest BCUT2D eigenvalue weighted by Crippen LogP contribution is 2.11. The van der Waals surface area contributed by atoms with Gasteiger partial charge in [-0.05, 0) is 62.0 Å². The Hall–Kier alpha value is -2.08. The van der Waals surface area contributed by atoms with E-state index >= 15 is 0 Å². The minimum Gasteiger partial charge on any atom is -0.250 e. The summed E-state index contributed by atoms with van der Waals surface area (Å²) in [5, 5.41) is 11.5. The summed E-state index contributed by atoms with van der Waals surface area (Å²) in [5.41, 5.74) is 0.821. The molecule has 0 spiro atoms. The molecule has 2 rings (SSSR count). The Morgan fingerprint density at radius 3 is 2.16 bits per heavy atom. The van der Waals surface area contributed by atoms with Crippen LogP contribution in [0.3, 0.4) is 0 Å². The van der Waals surface area contributed by atoms with Gasteiger partial charge in [0.05, 0.1) is 6.21 Å². The third kappa shape index (κ3) is 11.0. The summed E-state index contributed by atoms with van der Waals surface area (Å²) in [6.45, 7) is 2.27. The summed E-state index contributed by atoms with van der Waals surface area (Å²) in [6, 6.07) is 6.21. The first kappa shape index (κ1) is 26.2. The van der Waals surface area contributed by atoms with E-state index in [9.17, 15) is 4.39 Å². The van der Waals surface area contributed by atoms with Crippen LogP contribution in [0.15, 0.2) is 41.5 Å². The normalized spacial score (nSPS) is 11.8. The maximum absolute atomic E-state index is 13.0. The quantitative estimate of drug-likeness (QED) is 0.112. The molecule has 0 aliphatic rings. The molecule has 0 atom stereocenters. The largest absolute Gasteiger partial charge is 0.250 e. The van der Waals surface area contributed by atoms with Gasteiger partial charge in [0.1, 0.15) is 5.82 Å². The van der Waals surface area contributed by atoms with Crippen molar-refractivity contribution in [2.75, 3.05) is 0 Å². The number of nitrogens with zero attached hydrogens (tertiary/aromatic N) is 3. The van der Waals surface area contributed by atoms with Crippen molar-refractivity contribution in [2.24, 2.45) is 5.10 Å². The molecule has 0 fully saturated rings. The number of hydrogen-bond donors (Lipinski definition) is 1. The number of H-pyrrole nitrogens is 1. The maximum Gasteiger partial charge on any atom is 0.216 e. The predicted molar refractivity (Wildman–Crippen MR) is 135 cm³/mol. The number of unbranched alkanes of at least 4 members (excludes halogenated alkanes) is 11. The molecule has 0 aliphatic carbocycles. The minimum absolute atomic E-state index is 0.257. The lowest BCUT2D eigenvalue weighted by molar-refractivity contribution is 0.599. The molecule has 1 aromatic carbocycles. The summed E-state index contributed by atoms with van der Waals surface area (Å²) in [7, 11) is 0. The van der Waals surface area contributed by atoms with Gasteiger partial charge in [-0.1, -0.05) is 82.6 Å². The number of nitrogens with one attached hydrogen (secondary N) is 1. The molecule has 0 bridgehead atoms. The van der Waals surface area contributed by atoms with E-state index in [4.69, 9.17) is 12.2 Å². The molecule has 1 heterocycles. The molecule has 0 amide bonds. The number of aromatic amines is 1. The fourth-order valence-electron chi connectivity index (χ4n) is 3.63. The van der Waals surface area contributed by atoms with Gasteiger partial charge in [-0.2, -0.15) is 14.9 Å². The van der Waals surface area contributed by atoms with Crippen molar-refractivity contribution >= 4 is 18.4 Å². The lowest BCUT2D eigenvalue weighted by Gasteiger charge is -2.02. The molecule has 0 saturated heterocycles. The van der Waals surface area contributed by atoms with E-state index < -0.39 is 0 Å². The monoisotopic (exact) mass is 458 g/mol. The van der Waals surface area contributed by atoms with Crippen LogP contribution in [-0.2, 0) is 6.42 Å². The van der Waals surface area contributed by atoms with Gasteiger partial charge in [-0.25, -0.2) is 4.39 Å². The Balaban J connectivity index is 1.55. The van der Waals surface area contributed by atoms with E-state index in [-0.39, 0.29) is 5.82 Å². The average Bonchev–Trinajstić information content (AvgIpc) is 3.15. The first-order valence-electron chi connectivity index (χ1n) is 12.3. The van der Waals surface area contributed by atoms with Crippen LogP contribution in [0.4, 0.5) is 4.39 Å². The summed E-state index contributed by atoms with van der Waals surface area (Å²) in [4.78, 5) is 0. The van der Waals surface area contributed by atoms with Crippen LogP contribution in [0.1, 0.15) is 102 Å². The van der Waals surface area contributed by atoms with Crippen LogP contribution in [0, 0.1) is 10.6 Å². The van der Waals surface area contributed by atoms with Crippen LogP contribution < -0.4 is 0 Å². The van der Waals surface area contributed by atoms with Gasteiger partial charge in [0.25, 0.3) is 0 Å². The molecule has 0 radical (unpaired) electrons. The Bertz CT molecular complexity index is 851. The molecule has 0 aliphatic heterocycles. The summed E-state index contributed by atoms with van der Waals surface area (Å²) in [6.07, 6.45) is 24.0. The second-order valence-electron chi connectivity index (χ2n) is 8.39. The lowest BCUT2D eigenvalue weighted by atomic mass is 10.1. The highest BCUT2D eigenvalue weighted by atomic mass is 32.1. The van der Waals surface area contributed by atoms with E-state index in [2.05, 4.69) is 34.4 Å². The van der Waals surface area contributed by atoms with Crippen molar-refractivity contribution in [3.05, 3.63) is 58.4 Å². The van der Waals surface area contributed by atoms with Gasteiger partial charge < -0.3 is 0 Å². The molecule has 1 N–H and O–H groups in total. The second-order valence-corrected chi connectivity index (χ2v) is 8.77. The predicted octanol–water partition coefficient (Wildman–Crippen LogP) is 8.15. The first-order chi connectivity index (χ1) is 15.7. The highest BCUT2D eigenvalue weighted by molar-refractivity contribution is 7.71. The number of halogens is 1. The summed E-state index contributed by atoms with van der Waals surface area (Å²) in [5.74, 6) is 0.581. The Morgan fingerprint density at radius 1 is 0.906 bits per heavy atom. The number of rotatable bonds is 17. The van der Waals surface area contributed by atoms with E-state index in [0.29, 0.717) is 4.77 Å². The van der Waals surface area contributed by atoms with Crippen molar-refractivity contribution in [3.8, 4) is 0 Å². The molecular weight excluding hydrogens is 419 g/mol. The standard InChI is InChI=1S/C26H39FN4S/c1-2-3-4-5-6-7-8-9-10-11-12-13-14-15-16-17-25-29-30-26(32)31(25)28-22-23-18-20-24(27)21-19-23/h9-10,18-22H,2-8,11-17H2,1H3,(H,30,32). The van der Waals surface area contributed by atoms with Gasteiger partial charge in [-0.3, -0.25) is 5.10 Å². The first-order valence-corrected chi connectivity index (χ1v) is 12.7. The zero-order valence-corrected chi connectivity index (χ0v) is 20.4. The summed E-state index contributed by atoms with van der Waals surface area (Å²) >= 11 is 5.28. The molecule has 176 valence electrons. The summed E-state index contributed by atoms with van der Waals surface area (Å²) < 4.78 is 15.2. The number of aryl methyl sites for hydroxylation is 1. The smallest absolute Gasteiger partial charge is 0.216 e. The number of benzene rings is 1. The Morgan fingerprint density at radius 2 is 1.50 bits per heavy atom. The van der Waals surface area contributed by atoms with Gasteiger partial charge in [0.2, 0.25) is 4.77 Å². The molecule has 0 unspecified atom stereocenters. The molecule has 32 heavy (non-hydrogen) atoms. The van der Waals surface area contributed by atoms with Crippen LogP contribution in [0.25, 0.3) is 0 Å². The maximum atomic E-state index is 13.0. The zero-order chi connectivity index (χ0) is 22.9. The molecule has 4 nitrogen and oxygen atoms in total. The molecule has 6 heteroatoms.